The number of urea groups is 1. The summed E-state index contributed by atoms with van der Waals surface area (Å²) in [5, 5.41) is 13.1. The highest BCUT2D eigenvalue weighted by molar-refractivity contribution is 7.99. The van der Waals surface area contributed by atoms with Gasteiger partial charge in [-0.05, 0) is 51.1 Å². The number of thioether (sulfide) groups is 1. The summed E-state index contributed by atoms with van der Waals surface area (Å²) in [4.78, 5) is 50.8. The van der Waals surface area contributed by atoms with Crippen molar-refractivity contribution in [2.75, 3.05) is 17.6 Å². The standard InChI is InChI=1S/C24H25ClFN3O6S/c1-24(2,3)35-22(33)17-12-36-20(19-15(25)8-5-9-16(19)26)29(17)18(30)11-27-23(34)28-14-7-4-6-13(10-14)21(31)32/h4-10,17,20H,11-12H2,1-3H3,(H,31,32)(H2,27,28,34). The molecule has 1 saturated heterocycles. The highest BCUT2D eigenvalue weighted by Crippen LogP contribution is 2.45. The number of nitrogens with one attached hydrogen (secondary N) is 2. The third-order valence-corrected chi connectivity index (χ3v) is 6.60. The molecular formula is C24H25ClFN3O6S. The molecule has 3 N–H and O–H groups in total. The second-order valence-corrected chi connectivity index (χ2v) is 10.4. The van der Waals surface area contributed by atoms with Crippen LogP contribution in [0.3, 0.4) is 0 Å². The molecule has 1 heterocycles. The highest BCUT2D eigenvalue weighted by atomic mass is 35.5. The van der Waals surface area contributed by atoms with E-state index in [1.54, 1.807) is 20.8 Å². The van der Waals surface area contributed by atoms with Gasteiger partial charge in [0.1, 0.15) is 22.8 Å². The number of carbonyl (C=O) groups is 4. The maximum Gasteiger partial charge on any atom is 0.335 e. The van der Waals surface area contributed by atoms with Crippen molar-refractivity contribution in [3.8, 4) is 0 Å². The number of halogens is 2. The first kappa shape index (κ1) is 27.3. The van der Waals surface area contributed by atoms with E-state index in [2.05, 4.69) is 10.6 Å². The molecule has 3 amide bonds. The second-order valence-electron chi connectivity index (χ2n) is 8.86. The summed E-state index contributed by atoms with van der Waals surface area (Å²) in [7, 11) is 0. The van der Waals surface area contributed by atoms with Gasteiger partial charge in [0.15, 0.2) is 0 Å². The topological polar surface area (TPSA) is 125 Å². The van der Waals surface area contributed by atoms with Crippen molar-refractivity contribution in [2.45, 2.75) is 37.8 Å². The van der Waals surface area contributed by atoms with Crippen LogP contribution in [0.4, 0.5) is 14.9 Å². The van der Waals surface area contributed by atoms with Crippen LogP contribution in [0.15, 0.2) is 42.5 Å². The van der Waals surface area contributed by atoms with Crippen LogP contribution in [0.1, 0.15) is 42.1 Å². The number of carboxylic acid groups (broad SMARTS) is 1. The number of nitrogens with zero attached hydrogens (tertiary/aromatic N) is 1. The number of hydrogen-bond acceptors (Lipinski definition) is 6. The average molecular weight is 538 g/mol. The van der Waals surface area contributed by atoms with Crippen molar-refractivity contribution in [1.82, 2.24) is 10.2 Å². The minimum atomic E-state index is -1.16. The Bertz CT molecular complexity index is 1170. The van der Waals surface area contributed by atoms with Crippen LogP contribution in [0, 0.1) is 5.82 Å². The molecule has 2 aromatic carbocycles. The lowest BCUT2D eigenvalue weighted by Gasteiger charge is -2.31. The number of esters is 1. The van der Waals surface area contributed by atoms with Gasteiger partial charge >= 0.3 is 18.0 Å². The molecule has 1 aliphatic heterocycles. The van der Waals surface area contributed by atoms with Crippen LogP contribution in [0.25, 0.3) is 0 Å². The predicted molar refractivity (Wildman–Crippen MR) is 134 cm³/mol. The first-order valence-electron chi connectivity index (χ1n) is 10.8. The Labute approximate surface area is 216 Å². The van der Waals surface area contributed by atoms with Gasteiger partial charge in [0.05, 0.1) is 12.1 Å². The van der Waals surface area contributed by atoms with E-state index in [0.717, 1.165) is 11.8 Å². The predicted octanol–water partition coefficient (Wildman–Crippen LogP) is 4.28. The fraction of sp³-hybridized carbons (Fsp3) is 0.333. The number of rotatable bonds is 6. The summed E-state index contributed by atoms with van der Waals surface area (Å²) < 4.78 is 20.2. The summed E-state index contributed by atoms with van der Waals surface area (Å²) >= 11 is 7.40. The number of carbonyl (C=O) groups excluding carboxylic acids is 3. The molecule has 1 fully saturated rings. The van der Waals surface area contributed by atoms with E-state index in [1.165, 1.54) is 47.4 Å². The molecule has 0 bridgehead atoms. The number of hydrogen-bond donors (Lipinski definition) is 3. The molecule has 0 saturated carbocycles. The lowest BCUT2D eigenvalue weighted by molar-refractivity contribution is -0.163. The van der Waals surface area contributed by atoms with Crippen molar-refractivity contribution in [3.63, 3.8) is 0 Å². The third-order valence-electron chi connectivity index (χ3n) is 4.98. The zero-order chi connectivity index (χ0) is 26.6. The van der Waals surface area contributed by atoms with E-state index in [0.29, 0.717) is 0 Å². The molecular weight excluding hydrogens is 513 g/mol. The lowest BCUT2D eigenvalue weighted by Crippen LogP contribution is -2.49. The lowest BCUT2D eigenvalue weighted by atomic mass is 10.1. The molecule has 192 valence electrons. The Morgan fingerprint density at radius 1 is 1.19 bits per heavy atom. The van der Waals surface area contributed by atoms with Gasteiger partial charge in [-0.25, -0.2) is 18.8 Å². The molecule has 12 heteroatoms. The smallest absolute Gasteiger partial charge is 0.335 e. The molecule has 0 aromatic heterocycles. The second kappa shape index (κ2) is 11.2. The molecule has 9 nitrogen and oxygen atoms in total. The van der Waals surface area contributed by atoms with Crippen molar-refractivity contribution >= 4 is 52.9 Å². The van der Waals surface area contributed by atoms with Crippen molar-refractivity contribution in [2.24, 2.45) is 0 Å². The minimum absolute atomic E-state index is 0.0252. The van der Waals surface area contributed by atoms with Crippen LogP contribution >= 0.6 is 23.4 Å². The molecule has 0 spiro atoms. The van der Waals surface area contributed by atoms with E-state index in [-0.39, 0.29) is 27.6 Å². The van der Waals surface area contributed by atoms with E-state index >= 15 is 0 Å². The molecule has 2 atom stereocenters. The van der Waals surface area contributed by atoms with Gasteiger partial charge < -0.3 is 25.4 Å². The fourth-order valence-corrected chi connectivity index (χ4v) is 5.31. The van der Waals surface area contributed by atoms with Crippen LogP contribution in [0.2, 0.25) is 5.02 Å². The van der Waals surface area contributed by atoms with Gasteiger partial charge in [-0.1, -0.05) is 23.7 Å². The summed E-state index contributed by atoms with van der Waals surface area (Å²) in [6.45, 7) is 4.55. The van der Waals surface area contributed by atoms with Crippen LogP contribution in [-0.2, 0) is 14.3 Å². The van der Waals surface area contributed by atoms with E-state index in [1.807, 2.05) is 0 Å². The van der Waals surface area contributed by atoms with Crippen molar-refractivity contribution in [3.05, 3.63) is 64.4 Å². The van der Waals surface area contributed by atoms with E-state index in [9.17, 15) is 23.6 Å². The Morgan fingerprint density at radius 3 is 2.53 bits per heavy atom. The number of carboxylic acids is 1. The Hall–Kier alpha value is -3.31. The van der Waals surface area contributed by atoms with Crippen LogP contribution in [0.5, 0.6) is 0 Å². The summed E-state index contributed by atoms with van der Waals surface area (Å²) in [6.07, 6.45) is 0. The van der Waals surface area contributed by atoms with Crippen LogP contribution < -0.4 is 10.6 Å². The van der Waals surface area contributed by atoms with Crippen molar-refractivity contribution in [1.29, 1.82) is 0 Å². The molecule has 0 radical (unpaired) electrons. The Balaban J connectivity index is 1.78. The number of amides is 3. The quantitative estimate of drug-likeness (QED) is 0.469. The summed E-state index contributed by atoms with van der Waals surface area (Å²) in [5.74, 6) is -2.97. The molecule has 0 aliphatic carbocycles. The van der Waals surface area contributed by atoms with Crippen molar-refractivity contribution < 1.29 is 33.4 Å². The molecule has 2 aromatic rings. The van der Waals surface area contributed by atoms with E-state index in [4.69, 9.17) is 21.4 Å². The van der Waals surface area contributed by atoms with Gasteiger partial charge in [0.2, 0.25) is 5.91 Å². The summed E-state index contributed by atoms with van der Waals surface area (Å²) in [6, 6.07) is 7.90. The third kappa shape index (κ3) is 6.67. The van der Waals surface area contributed by atoms with Crippen LogP contribution in [-0.4, -0.2) is 57.8 Å². The van der Waals surface area contributed by atoms with Gasteiger partial charge in [-0.2, -0.15) is 0 Å². The van der Waals surface area contributed by atoms with Gasteiger partial charge in [0.25, 0.3) is 0 Å². The highest BCUT2D eigenvalue weighted by Gasteiger charge is 2.45. The maximum absolute atomic E-state index is 14.7. The van der Waals surface area contributed by atoms with Gasteiger partial charge in [-0.3, -0.25) is 4.79 Å². The monoisotopic (exact) mass is 537 g/mol. The largest absolute Gasteiger partial charge is 0.478 e. The maximum atomic E-state index is 14.7. The number of benzene rings is 2. The average Bonchev–Trinajstić information content (AvgIpc) is 3.21. The Kier molecular flexibility index (Phi) is 8.47. The zero-order valence-corrected chi connectivity index (χ0v) is 21.3. The zero-order valence-electron chi connectivity index (χ0n) is 19.7. The molecule has 1 aliphatic rings. The van der Waals surface area contributed by atoms with Gasteiger partial charge in [-0.15, -0.1) is 11.8 Å². The molecule has 36 heavy (non-hydrogen) atoms. The number of ether oxygens (including phenoxy) is 1. The first-order valence-corrected chi connectivity index (χ1v) is 12.3. The molecule has 3 rings (SSSR count). The van der Waals surface area contributed by atoms with Gasteiger partial charge in [0, 0.05) is 22.0 Å². The SMILES string of the molecule is CC(C)(C)OC(=O)C1CSC(c2c(F)cccc2Cl)N1C(=O)CNC(=O)Nc1cccc(C(=O)O)c1. The first-order chi connectivity index (χ1) is 16.9. The summed E-state index contributed by atoms with van der Waals surface area (Å²) in [5.41, 5.74) is -0.576. The fourth-order valence-electron chi connectivity index (χ4n) is 3.48. The Morgan fingerprint density at radius 2 is 1.89 bits per heavy atom. The normalized spacial score (nSPS) is 17.4. The molecule has 2 unspecified atom stereocenters. The minimum Gasteiger partial charge on any atom is -0.478 e. The number of anilines is 1. The number of aromatic carboxylic acids is 1. The van der Waals surface area contributed by atoms with E-state index < -0.39 is 53.3 Å².